The molecule has 0 radical (unpaired) electrons. The van der Waals surface area contributed by atoms with Crippen molar-refractivity contribution in [2.24, 2.45) is 5.92 Å². The van der Waals surface area contributed by atoms with Gasteiger partial charge in [-0.1, -0.05) is 37.5 Å². The Balaban J connectivity index is 1.71. The molecule has 0 saturated heterocycles. The second kappa shape index (κ2) is 17.6. The van der Waals surface area contributed by atoms with Crippen molar-refractivity contribution >= 4 is 74.8 Å². The Labute approximate surface area is 341 Å². The number of ether oxygens (including phenoxy) is 4. The van der Waals surface area contributed by atoms with Crippen LogP contribution in [0.15, 0.2) is 55.1 Å². The number of aromatic amines is 2. The molecular weight excluding hydrogens is 757 g/mol. The molecule has 3 aliphatic rings. The summed E-state index contributed by atoms with van der Waals surface area (Å²) in [6.45, 7) is 13.0. The standard InChI is InChI=1S/C45H48N4O10/c1-8-26-24(3)33-21-38-31-13-10-30(43(54)56-6)42(44(55)57-7)45(31,5)39(49-38)23-37-27(9-2)25(4)32(47-37)20-35-28(11-14-40(52)58-18-16-50)29(12-15-41(53)59-19-17-51)36(48-35)22-34(26)46-33/h8-10,13,20-23,42,46-47,50-51H,1-2,11-12,14-19H2,3-7H3. The number of methoxy groups -OCH3 is 2. The third-order valence-corrected chi connectivity index (χ3v) is 11.1. The van der Waals surface area contributed by atoms with Gasteiger partial charge in [-0.15, -0.1) is 0 Å². The van der Waals surface area contributed by atoms with Gasteiger partial charge in [-0.2, -0.15) is 0 Å². The normalized spacial score (nSPS) is 17.0. The van der Waals surface area contributed by atoms with Crippen molar-refractivity contribution in [2.45, 2.75) is 51.9 Å². The summed E-state index contributed by atoms with van der Waals surface area (Å²) in [5.41, 5.74) is 9.03. The van der Waals surface area contributed by atoms with Gasteiger partial charge in [0.2, 0.25) is 0 Å². The van der Waals surface area contributed by atoms with Crippen molar-refractivity contribution in [1.29, 1.82) is 0 Å². The molecule has 4 N–H and O–H groups in total. The number of fused-ring (bicyclic) bond motifs is 11. The highest BCUT2D eigenvalue weighted by Crippen LogP contribution is 2.52. The van der Waals surface area contributed by atoms with E-state index in [4.69, 9.17) is 28.9 Å². The first-order chi connectivity index (χ1) is 28.3. The molecule has 0 spiro atoms. The number of esters is 4. The molecule has 0 saturated carbocycles. The maximum atomic E-state index is 13.7. The fraction of sp³-hybridized carbons (Fsp3) is 0.333. The molecule has 0 amide bonds. The van der Waals surface area contributed by atoms with Crippen LogP contribution in [0.3, 0.4) is 0 Å². The average molecular weight is 805 g/mol. The summed E-state index contributed by atoms with van der Waals surface area (Å²) in [6, 6.07) is 7.48. The molecule has 6 rings (SSSR count). The molecule has 1 aliphatic carbocycles. The highest BCUT2D eigenvalue weighted by atomic mass is 16.5. The van der Waals surface area contributed by atoms with Gasteiger partial charge in [-0.3, -0.25) is 19.4 Å². The van der Waals surface area contributed by atoms with Gasteiger partial charge in [-0.05, 0) is 85.7 Å². The summed E-state index contributed by atoms with van der Waals surface area (Å²) in [7, 11) is 2.54. The van der Waals surface area contributed by atoms with E-state index >= 15 is 0 Å². The lowest BCUT2D eigenvalue weighted by atomic mass is 9.64. The van der Waals surface area contributed by atoms with Gasteiger partial charge < -0.3 is 39.1 Å². The van der Waals surface area contributed by atoms with E-state index < -0.39 is 35.2 Å². The van der Waals surface area contributed by atoms with E-state index in [0.29, 0.717) is 61.6 Å². The molecule has 3 aromatic rings. The predicted octanol–water partition coefficient (Wildman–Crippen LogP) is 6.00. The quantitative estimate of drug-likeness (QED) is 0.109. The minimum Gasteiger partial charge on any atom is -0.469 e. The zero-order valence-electron chi connectivity index (χ0n) is 33.8. The van der Waals surface area contributed by atoms with Crippen molar-refractivity contribution in [3.05, 3.63) is 100 Å². The number of hydrogen-bond donors (Lipinski definition) is 4. The van der Waals surface area contributed by atoms with Crippen LogP contribution >= 0.6 is 0 Å². The highest BCUT2D eigenvalue weighted by molar-refractivity contribution is 6.02. The summed E-state index contributed by atoms with van der Waals surface area (Å²) in [5, 5.41) is 18.5. The molecule has 2 aliphatic heterocycles. The Kier molecular flexibility index (Phi) is 12.6. The van der Waals surface area contributed by atoms with Crippen molar-refractivity contribution in [1.82, 2.24) is 19.9 Å². The van der Waals surface area contributed by atoms with E-state index in [2.05, 4.69) is 23.1 Å². The molecule has 308 valence electrons. The number of aromatic nitrogens is 4. The smallest absolute Gasteiger partial charge is 0.334 e. The van der Waals surface area contributed by atoms with Crippen LogP contribution in [0.4, 0.5) is 0 Å². The van der Waals surface area contributed by atoms with Gasteiger partial charge in [-0.25, -0.2) is 9.78 Å². The number of aliphatic hydroxyl groups is 2. The Bertz CT molecular complexity index is 2520. The van der Waals surface area contributed by atoms with E-state index in [1.807, 2.05) is 45.0 Å². The molecule has 2 unspecified atom stereocenters. The van der Waals surface area contributed by atoms with Gasteiger partial charge in [0.25, 0.3) is 0 Å². The van der Waals surface area contributed by atoms with E-state index in [9.17, 15) is 29.4 Å². The van der Waals surface area contributed by atoms with Crippen molar-refractivity contribution in [3.63, 3.8) is 0 Å². The Morgan fingerprint density at radius 2 is 1.25 bits per heavy atom. The van der Waals surface area contributed by atoms with Gasteiger partial charge in [0, 0.05) is 46.0 Å². The van der Waals surface area contributed by atoms with Crippen LogP contribution in [-0.4, -0.2) is 94.7 Å². The number of rotatable bonds is 14. The molecule has 59 heavy (non-hydrogen) atoms. The first kappa shape index (κ1) is 42.2. The number of aliphatic hydroxyl groups excluding tert-OH is 2. The van der Waals surface area contributed by atoms with Crippen LogP contribution in [0.25, 0.3) is 50.9 Å². The largest absolute Gasteiger partial charge is 0.469 e. The molecule has 0 fully saturated rings. The van der Waals surface area contributed by atoms with E-state index in [0.717, 1.165) is 22.3 Å². The lowest BCUT2D eigenvalue weighted by Gasteiger charge is -2.36. The lowest BCUT2D eigenvalue weighted by molar-refractivity contribution is -0.149. The van der Waals surface area contributed by atoms with Crippen LogP contribution < -0.4 is 0 Å². The fourth-order valence-corrected chi connectivity index (χ4v) is 8.11. The summed E-state index contributed by atoms with van der Waals surface area (Å²) < 4.78 is 20.8. The van der Waals surface area contributed by atoms with Gasteiger partial charge in [0.15, 0.2) is 0 Å². The minimum atomic E-state index is -1.18. The topological polar surface area (TPSA) is 203 Å². The predicted molar refractivity (Wildman–Crippen MR) is 223 cm³/mol. The zero-order valence-corrected chi connectivity index (χ0v) is 33.8. The number of aryl methyl sites for hydroxylation is 2. The number of nitrogens with one attached hydrogen (secondary N) is 2. The summed E-state index contributed by atoms with van der Waals surface area (Å²) >= 11 is 0. The number of hydrogen-bond acceptors (Lipinski definition) is 12. The third kappa shape index (κ3) is 7.93. The van der Waals surface area contributed by atoms with Crippen LogP contribution in [0.2, 0.25) is 0 Å². The number of H-pyrrole nitrogens is 2. The lowest BCUT2D eigenvalue weighted by Crippen LogP contribution is -2.42. The number of carbonyl (C=O) groups excluding carboxylic acids is 4. The summed E-state index contributed by atoms with van der Waals surface area (Å²) in [6.07, 6.45) is 7.19. The van der Waals surface area contributed by atoms with Crippen molar-refractivity contribution in [3.8, 4) is 0 Å². The molecule has 8 bridgehead atoms. The molecule has 3 aromatic heterocycles. The van der Waals surface area contributed by atoms with Gasteiger partial charge in [0.05, 0.1) is 61.2 Å². The first-order valence-corrected chi connectivity index (χ1v) is 19.2. The summed E-state index contributed by atoms with van der Waals surface area (Å²) in [5.74, 6) is -3.41. The average Bonchev–Trinajstić information content (AvgIpc) is 3.90. The third-order valence-electron chi connectivity index (χ3n) is 11.1. The van der Waals surface area contributed by atoms with Crippen molar-refractivity contribution in [2.75, 3.05) is 40.6 Å². The SMILES string of the molecule is C=Cc1c(C)c2cc3nc(cc4[nH]c(cc5nc(cc1[nH]2)C(CCC(=O)OCCO)=C5CCC(=O)OCCO)c(C)c4C=C)C1(C)C3=CC=C(C(=O)OC)C1C(=O)OC. The Hall–Kier alpha value is -6.38. The molecule has 5 heterocycles. The number of nitrogens with zero attached hydrogens (tertiary/aromatic N) is 2. The highest BCUT2D eigenvalue weighted by Gasteiger charge is 2.53. The first-order valence-electron chi connectivity index (χ1n) is 19.2. The van der Waals surface area contributed by atoms with Gasteiger partial charge in [0.1, 0.15) is 19.1 Å². The minimum absolute atomic E-state index is 0.0166. The van der Waals surface area contributed by atoms with Crippen molar-refractivity contribution < 1.29 is 48.3 Å². The molecule has 0 aromatic carbocycles. The van der Waals surface area contributed by atoms with E-state index in [1.165, 1.54) is 14.2 Å². The Morgan fingerprint density at radius 1 is 0.746 bits per heavy atom. The maximum Gasteiger partial charge on any atom is 0.334 e. The molecule has 14 nitrogen and oxygen atoms in total. The maximum absolute atomic E-state index is 13.7. The zero-order chi connectivity index (χ0) is 42.6. The summed E-state index contributed by atoms with van der Waals surface area (Å²) in [4.78, 5) is 69.8. The molecular formula is C45H48N4O10. The Morgan fingerprint density at radius 3 is 1.75 bits per heavy atom. The molecule has 2 atom stereocenters. The molecule has 14 heteroatoms. The van der Waals surface area contributed by atoms with Crippen LogP contribution in [0, 0.1) is 19.8 Å². The van der Waals surface area contributed by atoms with Crippen LogP contribution in [0.5, 0.6) is 0 Å². The fourth-order valence-electron chi connectivity index (χ4n) is 8.11. The van der Waals surface area contributed by atoms with Crippen LogP contribution in [0.1, 0.15) is 77.6 Å². The number of carbonyl (C=O) groups is 4. The monoisotopic (exact) mass is 804 g/mol. The second-order valence-corrected chi connectivity index (χ2v) is 14.4. The number of allylic oxidation sites excluding steroid dienone is 5. The second-order valence-electron chi connectivity index (χ2n) is 14.4. The van der Waals surface area contributed by atoms with E-state index in [1.54, 1.807) is 24.3 Å². The van der Waals surface area contributed by atoms with E-state index in [-0.39, 0.29) is 57.7 Å². The van der Waals surface area contributed by atoms with Gasteiger partial charge >= 0.3 is 23.9 Å². The van der Waals surface area contributed by atoms with Crippen LogP contribution in [-0.2, 0) is 43.5 Å².